The number of nitrogens with zero attached hydrogens (tertiary/aromatic N) is 6. The highest BCUT2D eigenvalue weighted by atomic mass is 32.2. The summed E-state index contributed by atoms with van der Waals surface area (Å²) in [5, 5.41) is 6.77. The molecule has 0 unspecified atom stereocenters. The Hall–Kier alpha value is -2.66. The van der Waals surface area contributed by atoms with Crippen LogP contribution in [-0.4, -0.2) is 75.3 Å². The standard InChI is InChI=1S/C25H27N7OS2/c33-35-14-12-31(13-15-35)23-21-22(29-25(30-23)32-10-8-26-9-11-32)24(28-17-27-21)34-16-19-6-3-5-18-4-1-2-7-20(18)19/h1-7,17,26H,8-16H2. The molecule has 0 amide bonds. The average Bonchev–Trinajstić information content (AvgIpc) is 2.92. The Bertz CT molecular complexity index is 1330. The minimum Gasteiger partial charge on any atom is -0.616 e. The molecule has 0 saturated carbocycles. The predicted octanol–water partition coefficient (Wildman–Crippen LogP) is 2.84. The fourth-order valence-electron chi connectivity index (χ4n) is 4.65. The van der Waals surface area contributed by atoms with E-state index in [1.165, 1.54) is 16.3 Å². The number of aromatic nitrogens is 4. The Morgan fingerprint density at radius 3 is 2.54 bits per heavy atom. The topological polar surface area (TPSA) is 93.1 Å². The monoisotopic (exact) mass is 505 g/mol. The SMILES string of the molecule is [O-][S+]1CCN(c2nc(N3CCNCC3)nc3c(SCc4cccc5ccccc45)ncnc23)CC1. The van der Waals surface area contributed by atoms with Crippen LogP contribution in [0.15, 0.2) is 53.8 Å². The van der Waals surface area contributed by atoms with E-state index < -0.39 is 11.2 Å². The van der Waals surface area contributed by atoms with Crippen molar-refractivity contribution in [1.82, 2.24) is 25.3 Å². The van der Waals surface area contributed by atoms with Crippen molar-refractivity contribution in [2.75, 3.05) is 60.6 Å². The van der Waals surface area contributed by atoms with E-state index in [0.717, 1.165) is 59.8 Å². The van der Waals surface area contributed by atoms with E-state index >= 15 is 0 Å². The molecule has 4 aromatic rings. The van der Waals surface area contributed by atoms with E-state index in [4.69, 9.17) is 9.97 Å². The molecular formula is C25H27N7OS2. The predicted molar refractivity (Wildman–Crippen MR) is 144 cm³/mol. The molecule has 6 rings (SSSR count). The Morgan fingerprint density at radius 2 is 1.69 bits per heavy atom. The van der Waals surface area contributed by atoms with Gasteiger partial charge in [-0.15, -0.1) is 0 Å². The average molecular weight is 506 g/mol. The number of thioether (sulfide) groups is 1. The molecule has 35 heavy (non-hydrogen) atoms. The summed E-state index contributed by atoms with van der Waals surface area (Å²) in [6, 6.07) is 14.9. The van der Waals surface area contributed by atoms with Crippen LogP contribution in [0.3, 0.4) is 0 Å². The van der Waals surface area contributed by atoms with Gasteiger partial charge in [-0.2, -0.15) is 4.98 Å². The first kappa shape index (κ1) is 22.8. The van der Waals surface area contributed by atoms with Crippen molar-refractivity contribution in [3.8, 4) is 0 Å². The second-order valence-electron chi connectivity index (χ2n) is 8.72. The maximum atomic E-state index is 12.0. The van der Waals surface area contributed by atoms with Gasteiger partial charge in [-0.1, -0.05) is 65.4 Å². The number of hydrogen-bond acceptors (Lipinski definition) is 9. The molecule has 0 atom stereocenters. The highest BCUT2D eigenvalue weighted by Gasteiger charge is 2.26. The van der Waals surface area contributed by atoms with E-state index in [-0.39, 0.29) is 0 Å². The molecule has 2 saturated heterocycles. The van der Waals surface area contributed by atoms with Crippen LogP contribution < -0.4 is 15.1 Å². The molecule has 0 radical (unpaired) electrons. The third kappa shape index (κ3) is 4.75. The summed E-state index contributed by atoms with van der Waals surface area (Å²) in [5.74, 6) is 3.65. The molecule has 2 aromatic heterocycles. The lowest BCUT2D eigenvalue weighted by Crippen LogP contribution is -2.45. The molecule has 4 heterocycles. The van der Waals surface area contributed by atoms with Crippen LogP contribution in [0, 0.1) is 0 Å². The number of hydrogen-bond donors (Lipinski definition) is 1. The smallest absolute Gasteiger partial charge is 0.228 e. The van der Waals surface area contributed by atoms with Crippen LogP contribution in [0.1, 0.15) is 5.56 Å². The molecule has 10 heteroatoms. The van der Waals surface area contributed by atoms with Crippen molar-refractivity contribution in [1.29, 1.82) is 0 Å². The van der Waals surface area contributed by atoms with E-state index in [9.17, 15) is 4.55 Å². The van der Waals surface area contributed by atoms with Gasteiger partial charge in [0.15, 0.2) is 5.82 Å². The molecule has 180 valence electrons. The van der Waals surface area contributed by atoms with Crippen molar-refractivity contribution in [3.05, 3.63) is 54.4 Å². The first-order valence-corrected chi connectivity index (χ1v) is 14.4. The second-order valence-corrected chi connectivity index (χ2v) is 11.4. The summed E-state index contributed by atoms with van der Waals surface area (Å²) in [4.78, 5) is 23.7. The van der Waals surface area contributed by atoms with Gasteiger partial charge in [0.1, 0.15) is 33.9 Å². The third-order valence-corrected chi connectivity index (χ3v) is 8.84. The van der Waals surface area contributed by atoms with Crippen LogP contribution in [0.4, 0.5) is 11.8 Å². The van der Waals surface area contributed by atoms with E-state index in [1.54, 1.807) is 18.1 Å². The summed E-state index contributed by atoms with van der Waals surface area (Å²) in [6.07, 6.45) is 1.62. The van der Waals surface area contributed by atoms with Gasteiger partial charge in [-0.25, -0.2) is 15.0 Å². The maximum absolute atomic E-state index is 12.0. The highest BCUT2D eigenvalue weighted by Crippen LogP contribution is 2.33. The summed E-state index contributed by atoms with van der Waals surface area (Å²) in [6.45, 7) is 4.97. The van der Waals surface area contributed by atoms with Gasteiger partial charge in [-0.3, -0.25) is 0 Å². The van der Waals surface area contributed by atoms with Gasteiger partial charge in [0.2, 0.25) is 5.95 Å². The molecule has 2 aromatic carbocycles. The minimum absolute atomic E-state index is 0.655. The van der Waals surface area contributed by atoms with E-state index in [1.807, 2.05) is 0 Å². The fourth-order valence-corrected chi connectivity index (χ4v) is 6.64. The van der Waals surface area contributed by atoms with Gasteiger partial charge in [-0.05, 0) is 16.3 Å². The molecular weight excluding hydrogens is 478 g/mol. The fraction of sp³-hybridized carbons (Fsp3) is 0.360. The zero-order valence-corrected chi connectivity index (χ0v) is 21.0. The normalized spacial score (nSPS) is 17.4. The number of anilines is 2. The summed E-state index contributed by atoms with van der Waals surface area (Å²) >= 11 is 0.931. The van der Waals surface area contributed by atoms with Crippen molar-refractivity contribution in [2.45, 2.75) is 10.8 Å². The Labute approximate surface area is 211 Å². The number of benzene rings is 2. The molecule has 0 aliphatic carbocycles. The summed E-state index contributed by atoms with van der Waals surface area (Å²) in [5.41, 5.74) is 2.84. The van der Waals surface area contributed by atoms with Crippen LogP contribution in [0.5, 0.6) is 0 Å². The lowest BCUT2D eigenvalue weighted by molar-refractivity contribution is 0.578. The van der Waals surface area contributed by atoms with Gasteiger partial charge in [0, 0.05) is 31.9 Å². The summed E-state index contributed by atoms with van der Waals surface area (Å²) < 4.78 is 12.0. The second kappa shape index (κ2) is 10.1. The van der Waals surface area contributed by atoms with Crippen LogP contribution in [0.25, 0.3) is 21.8 Å². The van der Waals surface area contributed by atoms with E-state index in [2.05, 4.69) is 67.5 Å². The van der Waals surface area contributed by atoms with Crippen LogP contribution in [-0.2, 0) is 16.9 Å². The van der Waals surface area contributed by atoms with Crippen molar-refractivity contribution < 1.29 is 4.55 Å². The molecule has 2 fully saturated rings. The Morgan fingerprint density at radius 1 is 0.886 bits per heavy atom. The molecule has 2 aliphatic rings. The Kier molecular flexibility index (Phi) is 6.60. The van der Waals surface area contributed by atoms with Gasteiger partial charge in [0.25, 0.3) is 0 Å². The Balaban J connectivity index is 1.39. The zero-order valence-electron chi connectivity index (χ0n) is 19.4. The van der Waals surface area contributed by atoms with Crippen LogP contribution in [0.2, 0.25) is 0 Å². The summed E-state index contributed by atoms with van der Waals surface area (Å²) in [7, 11) is 0. The first-order valence-electron chi connectivity index (χ1n) is 11.9. The van der Waals surface area contributed by atoms with Crippen molar-refractivity contribution >= 4 is 56.5 Å². The molecule has 0 bridgehead atoms. The lowest BCUT2D eigenvalue weighted by Gasteiger charge is -2.31. The number of nitrogens with one attached hydrogen (secondary N) is 1. The number of rotatable bonds is 5. The molecule has 2 aliphatic heterocycles. The molecule has 0 spiro atoms. The molecule has 8 nitrogen and oxygen atoms in total. The van der Waals surface area contributed by atoms with E-state index in [0.29, 0.717) is 24.6 Å². The van der Waals surface area contributed by atoms with Gasteiger partial charge >= 0.3 is 0 Å². The first-order chi connectivity index (χ1) is 17.3. The quantitative estimate of drug-likeness (QED) is 0.250. The lowest BCUT2D eigenvalue weighted by atomic mass is 10.1. The number of piperazine rings is 1. The van der Waals surface area contributed by atoms with Gasteiger partial charge in [0.05, 0.1) is 13.1 Å². The molecule has 1 N–H and O–H groups in total. The van der Waals surface area contributed by atoms with Crippen LogP contribution >= 0.6 is 11.8 Å². The van der Waals surface area contributed by atoms with Gasteiger partial charge < -0.3 is 19.7 Å². The number of fused-ring (bicyclic) bond motifs is 2. The third-order valence-electron chi connectivity index (χ3n) is 6.54. The zero-order chi connectivity index (χ0) is 23.6. The van der Waals surface area contributed by atoms with Crippen molar-refractivity contribution in [3.63, 3.8) is 0 Å². The minimum atomic E-state index is -0.759. The van der Waals surface area contributed by atoms with Crippen molar-refractivity contribution in [2.24, 2.45) is 0 Å². The highest BCUT2D eigenvalue weighted by molar-refractivity contribution is 7.98. The largest absolute Gasteiger partial charge is 0.616 e. The maximum Gasteiger partial charge on any atom is 0.228 e.